The molecule has 0 aliphatic carbocycles. The standard InChI is InChI=1S/C16H24N4O/c1-12-8-13(2)10-14(9-12)19-16(17)18-11-15(21)20-6-4-3-5-7-20/h8-10H,3-7,11H2,1-2H3,(H3,17,18,19). The van der Waals surface area contributed by atoms with Gasteiger partial charge in [-0.25, -0.2) is 4.99 Å². The molecule has 0 bridgehead atoms. The Kier molecular flexibility index (Phi) is 5.20. The zero-order valence-corrected chi connectivity index (χ0v) is 12.9. The molecule has 1 heterocycles. The molecular formula is C16H24N4O. The number of aryl methyl sites for hydroxylation is 2. The van der Waals surface area contributed by atoms with Crippen LogP contribution >= 0.6 is 0 Å². The molecule has 0 aromatic heterocycles. The summed E-state index contributed by atoms with van der Waals surface area (Å²) in [6.07, 6.45) is 3.39. The van der Waals surface area contributed by atoms with Crippen LogP contribution in [0.5, 0.6) is 0 Å². The van der Waals surface area contributed by atoms with Crippen LogP contribution in [-0.2, 0) is 4.79 Å². The molecule has 1 fully saturated rings. The van der Waals surface area contributed by atoms with Crippen LogP contribution in [0, 0.1) is 13.8 Å². The van der Waals surface area contributed by atoms with Crippen molar-refractivity contribution in [2.75, 3.05) is 25.0 Å². The minimum absolute atomic E-state index is 0.0554. The zero-order chi connectivity index (χ0) is 15.2. The monoisotopic (exact) mass is 288 g/mol. The molecule has 0 unspecified atom stereocenters. The van der Waals surface area contributed by atoms with Gasteiger partial charge in [-0.05, 0) is 56.4 Å². The number of anilines is 1. The molecule has 2 rings (SSSR count). The van der Waals surface area contributed by atoms with Crippen LogP contribution in [0.3, 0.4) is 0 Å². The number of nitrogens with zero attached hydrogens (tertiary/aromatic N) is 2. The Bertz CT molecular complexity index is 513. The first-order valence-electron chi connectivity index (χ1n) is 7.47. The lowest BCUT2D eigenvalue weighted by atomic mass is 10.1. The van der Waals surface area contributed by atoms with Gasteiger partial charge >= 0.3 is 0 Å². The fraction of sp³-hybridized carbons (Fsp3) is 0.500. The molecule has 3 N–H and O–H groups in total. The first kappa shape index (κ1) is 15.4. The smallest absolute Gasteiger partial charge is 0.244 e. The highest BCUT2D eigenvalue weighted by Gasteiger charge is 2.15. The van der Waals surface area contributed by atoms with Crippen LogP contribution in [0.1, 0.15) is 30.4 Å². The van der Waals surface area contributed by atoms with E-state index in [1.54, 1.807) is 0 Å². The van der Waals surface area contributed by atoms with Gasteiger partial charge in [0.25, 0.3) is 0 Å². The SMILES string of the molecule is Cc1cc(C)cc(NC(N)=NCC(=O)N2CCCCC2)c1. The van der Waals surface area contributed by atoms with Gasteiger partial charge in [0, 0.05) is 18.8 Å². The summed E-state index contributed by atoms with van der Waals surface area (Å²) in [6.45, 7) is 5.87. The summed E-state index contributed by atoms with van der Waals surface area (Å²) < 4.78 is 0. The summed E-state index contributed by atoms with van der Waals surface area (Å²) in [5.74, 6) is 0.338. The summed E-state index contributed by atoms with van der Waals surface area (Å²) >= 11 is 0. The first-order chi connectivity index (χ1) is 10.0. The Morgan fingerprint density at radius 1 is 1.19 bits per heavy atom. The maximum atomic E-state index is 12.0. The van der Waals surface area contributed by atoms with Crippen molar-refractivity contribution in [1.29, 1.82) is 0 Å². The molecule has 1 saturated heterocycles. The number of benzene rings is 1. The van der Waals surface area contributed by atoms with Crippen molar-refractivity contribution >= 4 is 17.6 Å². The third kappa shape index (κ3) is 4.77. The number of nitrogens with one attached hydrogen (secondary N) is 1. The van der Waals surface area contributed by atoms with Gasteiger partial charge in [0.15, 0.2) is 5.96 Å². The average Bonchev–Trinajstić information content (AvgIpc) is 2.44. The van der Waals surface area contributed by atoms with Crippen molar-refractivity contribution in [3.05, 3.63) is 29.3 Å². The number of carbonyl (C=O) groups excluding carboxylic acids is 1. The van der Waals surface area contributed by atoms with Crippen LogP contribution < -0.4 is 11.1 Å². The summed E-state index contributed by atoms with van der Waals surface area (Å²) in [7, 11) is 0. The molecule has 1 aromatic carbocycles. The lowest BCUT2D eigenvalue weighted by molar-refractivity contribution is -0.130. The molecule has 1 amide bonds. The van der Waals surface area contributed by atoms with Crippen LogP contribution in [0.2, 0.25) is 0 Å². The molecular weight excluding hydrogens is 264 g/mol. The van der Waals surface area contributed by atoms with Gasteiger partial charge in [0.05, 0.1) is 0 Å². The van der Waals surface area contributed by atoms with Gasteiger partial charge < -0.3 is 16.0 Å². The van der Waals surface area contributed by atoms with E-state index in [9.17, 15) is 4.79 Å². The number of piperidine rings is 1. The van der Waals surface area contributed by atoms with Crippen LogP contribution in [0.15, 0.2) is 23.2 Å². The Morgan fingerprint density at radius 2 is 1.81 bits per heavy atom. The molecule has 1 aliphatic heterocycles. The number of guanidine groups is 1. The Hall–Kier alpha value is -2.04. The van der Waals surface area contributed by atoms with E-state index in [1.807, 2.05) is 30.9 Å². The van der Waals surface area contributed by atoms with E-state index in [4.69, 9.17) is 5.73 Å². The summed E-state index contributed by atoms with van der Waals surface area (Å²) in [5.41, 5.74) is 9.08. The number of aliphatic imine (C=N–C) groups is 1. The van der Waals surface area contributed by atoms with Crippen molar-refractivity contribution in [2.45, 2.75) is 33.1 Å². The highest BCUT2D eigenvalue weighted by Crippen LogP contribution is 2.13. The zero-order valence-electron chi connectivity index (χ0n) is 12.9. The summed E-state index contributed by atoms with van der Waals surface area (Å²) in [5, 5.41) is 3.04. The van der Waals surface area contributed by atoms with Crippen molar-refractivity contribution in [3.63, 3.8) is 0 Å². The Labute approximate surface area is 126 Å². The molecule has 5 heteroatoms. The van der Waals surface area contributed by atoms with Crippen molar-refractivity contribution in [2.24, 2.45) is 10.7 Å². The fourth-order valence-corrected chi connectivity index (χ4v) is 2.63. The molecule has 21 heavy (non-hydrogen) atoms. The maximum Gasteiger partial charge on any atom is 0.244 e. The summed E-state index contributed by atoms with van der Waals surface area (Å²) in [4.78, 5) is 18.0. The number of rotatable bonds is 3. The predicted molar refractivity (Wildman–Crippen MR) is 86.5 cm³/mol. The molecule has 0 atom stereocenters. The van der Waals surface area contributed by atoms with Gasteiger partial charge in [-0.3, -0.25) is 4.79 Å². The predicted octanol–water partition coefficient (Wildman–Crippen LogP) is 2.04. The van der Waals surface area contributed by atoms with E-state index in [0.717, 1.165) is 42.7 Å². The van der Waals surface area contributed by atoms with Gasteiger partial charge in [-0.2, -0.15) is 0 Å². The molecule has 114 valence electrons. The van der Waals surface area contributed by atoms with Gasteiger partial charge in [0.2, 0.25) is 5.91 Å². The van der Waals surface area contributed by atoms with Crippen LogP contribution in [0.25, 0.3) is 0 Å². The van der Waals surface area contributed by atoms with Crippen molar-refractivity contribution in [3.8, 4) is 0 Å². The van der Waals surface area contributed by atoms with Gasteiger partial charge in [0.1, 0.15) is 6.54 Å². The highest BCUT2D eigenvalue weighted by molar-refractivity contribution is 5.94. The number of likely N-dealkylation sites (tertiary alicyclic amines) is 1. The molecule has 0 spiro atoms. The minimum Gasteiger partial charge on any atom is -0.370 e. The topological polar surface area (TPSA) is 70.7 Å². The number of amides is 1. The van der Waals surface area contributed by atoms with E-state index in [2.05, 4.69) is 16.4 Å². The summed E-state index contributed by atoms with van der Waals surface area (Å²) in [6, 6.07) is 6.10. The minimum atomic E-state index is 0.0554. The molecule has 1 aliphatic rings. The van der Waals surface area contributed by atoms with Crippen molar-refractivity contribution < 1.29 is 4.79 Å². The van der Waals surface area contributed by atoms with Gasteiger partial charge in [-0.15, -0.1) is 0 Å². The number of hydrogen-bond acceptors (Lipinski definition) is 2. The number of nitrogens with two attached hydrogens (primary N) is 1. The van der Waals surface area contributed by atoms with Crippen LogP contribution in [-0.4, -0.2) is 36.4 Å². The van der Waals surface area contributed by atoms with E-state index >= 15 is 0 Å². The molecule has 1 aromatic rings. The molecule has 5 nitrogen and oxygen atoms in total. The van der Waals surface area contributed by atoms with Crippen LogP contribution in [0.4, 0.5) is 5.69 Å². The lowest BCUT2D eigenvalue weighted by Crippen LogP contribution is -2.37. The van der Waals surface area contributed by atoms with Crippen molar-refractivity contribution in [1.82, 2.24) is 4.90 Å². The van der Waals surface area contributed by atoms with E-state index in [-0.39, 0.29) is 18.4 Å². The molecule has 0 radical (unpaired) electrons. The van der Waals surface area contributed by atoms with E-state index in [0.29, 0.717) is 0 Å². The largest absolute Gasteiger partial charge is 0.370 e. The number of carbonyl (C=O) groups is 1. The average molecular weight is 288 g/mol. The lowest BCUT2D eigenvalue weighted by Gasteiger charge is -2.26. The third-order valence-corrected chi connectivity index (χ3v) is 3.59. The quantitative estimate of drug-likeness (QED) is 0.660. The third-order valence-electron chi connectivity index (χ3n) is 3.59. The second-order valence-corrected chi connectivity index (χ2v) is 5.64. The van der Waals surface area contributed by atoms with E-state index < -0.39 is 0 Å². The molecule has 0 saturated carbocycles. The maximum absolute atomic E-state index is 12.0. The second-order valence-electron chi connectivity index (χ2n) is 5.64. The Morgan fingerprint density at radius 3 is 2.43 bits per heavy atom. The second kappa shape index (κ2) is 7.11. The van der Waals surface area contributed by atoms with E-state index in [1.165, 1.54) is 6.42 Å². The first-order valence-corrected chi connectivity index (χ1v) is 7.47. The Balaban J connectivity index is 1.89. The van der Waals surface area contributed by atoms with Gasteiger partial charge in [-0.1, -0.05) is 6.07 Å². The number of hydrogen-bond donors (Lipinski definition) is 2. The highest BCUT2D eigenvalue weighted by atomic mass is 16.2. The normalized spacial score (nSPS) is 15.9. The fourth-order valence-electron chi connectivity index (χ4n) is 2.63.